The van der Waals surface area contributed by atoms with Gasteiger partial charge in [-0.3, -0.25) is 20.2 Å². The fraction of sp³-hybridized carbons (Fsp3) is 0.200. The average Bonchev–Trinajstić information content (AvgIpc) is 2.53. The molecule has 2 rings (SSSR count). The van der Waals surface area contributed by atoms with Gasteiger partial charge in [0, 0.05) is 24.3 Å². The predicted octanol–water partition coefficient (Wildman–Crippen LogP) is 4.49. The van der Waals surface area contributed by atoms with E-state index in [0.29, 0.717) is 0 Å². The summed E-state index contributed by atoms with van der Waals surface area (Å²) in [5.41, 5.74) is -0.266. The van der Waals surface area contributed by atoms with E-state index in [4.69, 9.17) is 9.05 Å². The number of rotatable bonds is 8. The molecule has 0 atom stereocenters. The summed E-state index contributed by atoms with van der Waals surface area (Å²) in [6.07, 6.45) is 0. The second kappa shape index (κ2) is 7.87. The van der Waals surface area contributed by atoms with Gasteiger partial charge in [-0.05, 0) is 24.3 Å². The average molecular weight is 411 g/mol. The lowest BCUT2D eigenvalue weighted by atomic mass is 10.3. The van der Waals surface area contributed by atoms with Crippen LogP contribution in [0.4, 0.5) is 11.4 Å². The van der Waals surface area contributed by atoms with Gasteiger partial charge in [0.2, 0.25) is 0 Å². The van der Waals surface area contributed by atoms with Crippen LogP contribution in [-0.2, 0) is 4.57 Å². The Kier molecular flexibility index (Phi) is 5.99. The molecule has 0 aliphatic rings. The molecule has 2 aromatic carbocycles. The zero-order valence-corrected chi connectivity index (χ0v) is 16.7. The molecule has 0 radical (unpaired) electrons. The first-order valence-corrected chi connectivity index (χ1v) is 12.8. The van der Waals surface area contributed by atoms with Gasteiger partial charge in [-0.2, -0.15) is 0 Å². The minimum absolute atomic E-state index is 0.122. The summed E-state index contributed by atoms with van der Waals surface area (Å²) in [6, 6.07) is 10.2. The maximum atomic E-state index is 13.2. The molecule has 0 amide bonds. The van der Waals surface area contributed by atoms with Gasteiger partial charge < -0.3 is 9.05 Å². The topological polar surface area (TPSA) is 134 Å². The molecule has 0 saturated carbocycles. The van der Waals surface area contributed by atoms with E-state index in [2.05, 4.69) is 4.75 Å². The minimum Gasteiger partial charge on any atom is -0.405 e. The number of nitro benzene ring substituents is 2. The van der Waals surface area contributed by atoms with Crippen molar-refractivity contribution in [1.29, 1.82) is 0 Å². The summed E-state index contributed by atoms with van der Waals surface area (Å²) < 4.78 is 27.1. The number of benzene rings is 2. The molecule has 2 aromatic rings. The molecule has 0 aliphatic heterocycles. The minimum atomic E-state index is -3.89. The number of non-ortho nitro benzene ring substituents is 2. The summed E-state index contributed by atoms with van der Waals surface area (Å²) in [7, 11) is -6.03. The van der Waals surface area contributed by atoms with Gasteiger partial charge in [0.1, 0.15) is 19.7 Å². The first-order valence-electron chi connectivity index (χ1n) is 7.75. The molecule has 0 heterocycles. The number of nitrogens with zero attached hydrogens (tertiary/aromatic N) is 2. The van der Waals surface area contributed by atoms with Crippen molar-refractivity contribution in [3.05, 3.63) is 68.8 Å². The van der Waals surface area contributed by atoms with Gasteiger partial charge in [-0.25, -0.2) is 9.32 Å². The molecule has 0 aliphatic carbocycles. The van der Waals surface area contributed by atoms with Crippen molar-refractivity contribution in [2.24, 2.45) is 0 Å². The Balaban J connectivity index is 2.27. The van der Waals surface area contributed by atoms with Crippen LogP contribution in [-0.4, -0.2) is 18.1 Å². The zero-order valence-electron chi connectivity index (χ0n) is 14.8. The van der Waals surface area contributed by atoms with Crippen molar-refractivity contribution in [3.8, 4) is 11.5 Å². The third-order valence-corrected chi connectivity index (χ3v) is 7.70. The van der Waals surface area contributed by atoms with Crippen molar-refractivity contribution in [1.82, 2.24) is 4.75 Å². The van der Waals surface area contributed by atoms with Gasteiger partial charge in [0.15, 0.2) is 0 Å². The second-order valence-electron chi connectivity index (χ2n) is 6.54. The normalized spacial score (nSPS) is 11.7. The van der Waals surface area contributed by atoms with Crippen molar-refractivity contribution in [3.63, 3.8) is 0 Å². The SMILES string of the molecule is C[Si](C)(C)NP(=O)(Oc1ccc([N+](=O)[O-])cc1)Oc1ccc([N+](=O)[O-])cc1. The fourth-order valence-electron chi connectivity index (χ4n) is 2.01. The van der Waals surface area contributed by atoms with E-state index < -0.39 is 25.8 Å². The third-order valence-electron chi connectivity index (χ3n) is 3.02. The maximum absolute atomic E-state index is 13.2. The van der Waals surface area contributed by atoms with Crippen LogP contribution in [0, 0.1) is 20.2 Å². The van der Waals surface area contributed by atoms with E-state index in [0.717, 1.165) is 0 Å². The van der Waals surface area contributed by atoms with Crippen molar-refractivity contribution >= 4 is 27.4 Å². The van der Waals surface area contributed by atoms with E-state index in [1.807, 2.05) is 19.6 Å². The Labute approximate surface area is 156 Å². The number of hydrogen-bond donors (Lipinski definition) is 1. The Hall–Kier alpha value is -2.75. The second-order valence-corrected chi connectivity index (χ2v) is 13.3. The number of nitro groups is 2. The molecular formula is C15H18N3O7PSi. The molecule has 0 saturated heterocycles. The van der Waals surface area contributed by atoms with Crippen LogP contribution >= 0.6 is 7.75 Å². The van der Waals surface area contributed by atoms with Crippen molar-refractivity contribution in [2.75, 3.05) is 0 Å². The van der Waals surface area contributed by atoms with Crippen LogP contribution in [0.3, 0.4) is 0 Å². The predicted molar refractivity (Wildman–Crippen MR) is 102 cm³/mol. The largest absolute Gasteiger partial charge is 0.506 e. The third kappa shape index (κ3) is 6.17. The Morgan fingerprint density at radius 3 is 1.41 bits per heavy atom. The van der Waals surface area contributed by atoms with Gasteiger partial charge in [-0.1, -0.05) is 19.6 Å². The molecule has 0 unspecified atom stereocenters. The van der Waals surface area contributed by atoms with Crippen LogP contribution in [0.25, 0.3) is 0 Å². The molecular weight excluding hydrogens is 393 g/mol. The summed E-state index contributed by atoms with van der Waals surface area (Å²) in [4.78, 5) is 20.3. The summed E-state index contributed by atoms with van der Waals surface area (Å²) in [5.74, 6) is 0.244. The van der Waals surface area contributed by atoms with Crippen molar-refractivity contribution < 1.29 is 23.5 Å². The molecule has 27 heavy (non-hydrogen) atoms. The Morgan fingerprint density at radius 2 is 1.15 bits per heavy atom. The summed E-state index contributed by atoms with van der Waals surface area (Å²) in [5, 5.41) is 21.5. The smallest absolute Gasteiger partial charge is 0.405 e. The lowest BCUT2D eigenvalue weighted by Crippen LogP contribution is -2.41. The summed E-state index contributed by atoms with van der Waals surface area (Å²) >= 11 is 0. The van der Waals surface area contributed by atoms with Gasteiger partial charge in [0.05, 0.1) is 9.85 Å². The fourth-order valence-corrected chi connectivity index (χ4v) is 6.50. The van der Waals surface area contributed by atoms with Gasteiger partial charge in [-0.15, -0.1) is 0 Å². The molecule has 0 fully saturated rings. The van der Waals surface area contributed by atoms with Crippen LogP contribution in [0.15, 0.2) is 48.5 Å². The van der Waals surface area contributed by atoms with Crippen molar-refractivity contribution in [2.45, 2.75) is 19.6 Å². The molecule has 12 heteroatoms. The van der Waals surface area contributed by atoms with E-state index >= 15 is 0 Å². The van der Waals surface area contributed by atoms with Gasteiger partial charge in [0.25, 0.3) is 11.4 Å². The van der Waals surface area contributed by atoms with Crippen LogP contribution in [0.1, 0.15) is 0 Å². The molecule has 10 nitrogen and oxygen atoms in total. The maximum Gasteiger partial charge on any atom is 0.506 e. The van der Waals surface area contributed by atoms with Crippen LogP contribution < -0.4 is 13.8 Å². The zero-order chi connectivity index (χ0) is 20.2. The highest BCUT2D eigenvalue weighted by Crippen LogP contribution is 2.46. The van der Waals surface area contributed by atoms with Crippen LogP contribution in [0.5, 0.6) is 11.5 Å². The van der Waals surface area contributed by atoms with E-state index in [-0.39, 0.29) is 22.9 Å². The highest BCUT2D eigenvalue weighted by atomic mass is 31.2. The van der Waals surface area contributed by atoms with Gasteiger partial charge >= 0.3 is 7.75 Å². The summed E-state index contributed by atoms with van der Waals surface area (Å²) in [6.45, 7) is 5.66. The van der Waals surface area contributed by atoms with E-state index in [9.17, 15) is 24.8 Å². The number of hydrogen-bond acceptors (Lipinski definition) is 7. The first kappa shape index (κ1) is 20.6. The van der Waals surface area contributed by atoms with Crippen LogP contribution in [0.2, 0.25) is 19.6 Å². The quantitative estimate of drug-likeness (QED) is 0.290. The lowest BCUT2D eigenvalue weighted by Gasteiger charge is -2.26. The lowest BCUT2D eigenvalue weighted by molar-refractivity contribution is -0.385. The molecule has 144 valence electrons. The molecule has 1 N–H and O–H groups in total. The highest BCUT2D eigenvalue weighted by Gasteiger charge is 2.34. The molecule has 0 aromatic heterocycles. The Bertz CT molecular complexity index is 818. The monoisotopic (exact) mass is 411 g/mol. The standard InChI is InChI=1S/C15H18N3O7PSi/c1-27(2,3)16-26(23,24-14-8-4-12(5-9-14)17(19)20)25-15-10-6-13(7-11-15)18(21)22/h4-11H,1-3H3,(H,16,23). The number of nitrogens with one attached hydrogen (secondary N) is 1. The first-order chi connectivity index (χ1) is 12.5. The molecule has 0 spiro atoms. The highest BCUT2D eigenvalue weighted by molar-refractivity contribution is 7.55. The van der Waals surface area contributed by atoms with E-state index in [1.54, 1.807) is 0 Å². The molecule has 0 bridgehead atoms. The Morgan fingerprint density at radius 1 is 0.815 bits per heavy atom. The van der Waals surface area contributed by atoms with E-state index in [1.165, 1.54) is 48.5 Å².